The van der Waals surface area contributed by atoms with Gasteiger partial charge in [0.2, 0.25) is 0 Å². The number of hydrogen-bond acceptors (Lipinski definition) is 7. The van der Waals surface area contributed by atoms with Gasteiger partial charge in [0, 0.05) is 56.4 Å². The van der Waals surface area contributed by atoms with Crippen LogP contribution in [-0.4, -0.2) is 68.3 Å². The molecule has 3 aromatic rings. The minimum Gasteiger partial charge on any atom is -0.484 e. The second-order valence-corrected chi connectivity index (χ2v) is 9.06. The minimum absolute atomic E-state index is 0.142. The number of carbonyl (C=O) groups excluding carboxylic acids is 1. The first-order chi connectivity index (χ1) is 15.8. The van der Waals surface area contributed by atoms with E-state index in [2.05, 4.69) is 15.4 Å². The van der Waals surface area contributed by atoms with E-state index in [1.165, 1.54) is 10.7 Å². The zero-order chi connectivity index (χ0) is 23.2. The van der Waals surface area contributed by atoms with Gasteiger partial charge in [-0.05, 0) is 19.1 Å². The van der Waals surface area contributed by atoms with Gasteiger partial charge in [0.25, 0.3) is 5.91 Å². The van der Waals surface area contributed by atoms with Crippen molar-refractivity contribution >= 4 is 22.9 Å². The van der Waals surface area contributed by atoms with Crippen molar-refractivity contribution in [2.24, 2.45) is 0 Å². The number of rotatable bonds is 5. The molecule has 1 unspecified atom stereocenters. The second kappa shape index (κ2) is 7.96. The quantitative estimate of drug-likeness (QED) is 0.539. The number of benzene rings is 1. The summed E-state index contributed by atoms with van der Waals surface area (Å²) in [4.78, 5) is 19.4. The number of fused-ring (bicyclic) bond motifs is 2. The van der Waals surface area contributed by atoms with Crippen LogP contribution in [0.5, 0.6) is 5.75 Å². The molecule has 0 spiro atoms. The van der Waals surface area contributed by atoms with Crippen LogP contribution in [0.4, 0.5) is 15.8 Å². The average Bonchev–Trinajstić information content (AvgIpc) is 3.40. The van der Waals surface area contributed by atoms with E-state index in [4.69, 9.17) is 4.74 Å². The van der Waals surface area contributed by atoms with E-state index in [0.717, 1.165) is 5.56 Å². The first-order valence-electron chi connectivity index (χ1n) is 10.9. The molecule has 1 atom stereocenters. The molecular formula is C23H26FN5O4. The average molecular weight is 455 g/mol. The molecule has 33 heavy (non-hydrogen) atoms. The Labute approximate surface area is 189 Å². The number of nitrogens with one attached hydrogen (secondary N) is 1. The summed E-state index contributed by atoms with van der Waals surface area (Å²) in [7, 11) is 0. The molecule has 4 heterocycles. The molecule has 5 rings (SSSR count). The summed E-state index contributed by atoms with van der Waals surface area (Å²) in [6.07, 6.45) is 5.64. The van der Waals surface area contributed by atoms with E-state index in [1.807, 2.05) is 24.0 Å². The van der Waals surface area contributed by atoms with Crippen molar-refractivity contribution in [3.05, 3.63) is 47.9 Å². The molecular weight excluding hydrogens is 429 g/mol. The topological polar surface area (TPSA) is 112 Å². The number of piperidine rings is 1. The van der Waals surface area contributed by atoms with Crippen LogP contribution in [-0.2, 0) is 6.42 Å². The lowest BCUT2D eigenvalue weighted by Gasteiger charge is -2.37. The largest absolute Gasteiger partial charge is 0.484 e. The number of aliphatic hydroxyl groups excluding tert-OH is 2. The Morgan fingerprint density at radius 3 is 2.79 bits per heavy atom. The third-order valence-electron chi connectivity index (χ3n) is 6.49. The predicted molar refractivity (Wildman–Crippen MR) is 120 cm³/mol. The number of ether oxygens (including phenoxy) is 1. The minimum atomic E-state index is -1.59. The molecule has 3 N–H and O–H groups in total. The molecule has 10 heteroatoms. The molecule has 0 bridgehead atoms. The van der Waals surface area contributed by atoms with Gasteiger partial charge >= 0.3 is 0 Å². The zero-order valence-corrected chi connectivity index (χ0v) is 18.3. The molecule has 2 aliphatic rings. The highest BCUT2D eigenvalue weighted by molar-refractivity contribution is 6.09. The highest BCUT2D eigenvalue weighted by Gasteiger charge is 2.38. The summed E-state index contributed by atoms with van der Waals surface area (Å²) in [5.41, 5.74) is 0.587. The van der Waals surface area contributed by atoms with Gasteiger partial charge in [-0.1, -0.05) is 0 Å². The SMILES string of the molecule is CC1(CO)Cc2cc(NC(=O)c3cnn4cccnc34)c(N3CCC(F)(CO)CC3)cc2O1. The van der Waals surface area contributed by atoms with Crippen LogP contribution in [0.1, 0.15) is 35.7 Å². The lowest BCUT2D eigenvalue weighted by Crippen LogP contribution is -2.44. The van der Waals surface area contributed by atoms with Crippen molar-refractivity contribution < 1.29 is 24.1 Å². The molecule has 1 fully saturated rings. The van der Waals surface area contributed by atoms with Crippen LogP contribution in [0, 0.1) is 0 Å². The lowest BCUT2D eigenvalue weighted by atomic mass is 9.93. The van der Waals surface area contributed by atoms with Crippen molar-refractivity contribution in [2.75, 3.05) is 36.5 Å². The molecule has 2 aliphatic heterocycles. The fourth-order valence-electron chi connectivity index (χ4n) is 4.48. The highest BCUT2D eigenvalue weighted by Crippen LogP contribution is 2.43. The van der Waals surface area contributed by atoms with Gasteiger partial charge in [-0.2, -0.15) is 5.10 Å². The molecule has 9 nitrogen and oxygen atoms in total. The van der Waals surface area contributed by atoms with E-state index in [0.29, 0.717) is 47.8 Å². The smallest absolute Gasteiger partial charge is 0.261 e. The third kappa shape index (κ3) is 3.89. The van der Waals surface area contributed by atoms with Gasteiger partial charge in [0.05, 0.1) is 30.8 Å². The molecule has 174 valence electrons. The summed E-state index contributed by atoms with van der Waals surface area (Å²) in [5, 5.41) is 26.3. The van der Waals surface area contributed by atoms with Gasteiger partial charge in [-0.15, -0.1) is 0 Å². The Morgan fingerprint density at radius 2 is 2.06 bits per heavy atom. The van der Waals surface area contributed by atoms with Gasteiger partial charge in [0.15, 0.2) is 5.65 Å². The number of aliphatic hydroxyl groups is 2. The van der Waals surface area contributed by atoms with Crippen molar-refractivity contribution in [3.63, 3.8) is 0 Å². The van der Waals surface area contributed by atoms with Gasteiger partial charge in [-0.25, -0.2) is 13.9 Å². The van der Waals surface area contributed by atoms with Crippen molar-refractivity contribution in [1.82, 2.24) is 14.6 Å². The standard InChI is InChI=1S/C23H26FN5O4/c1-22(13-30)11-15-9-17(27-21(32)16-12-26-29-6-2-5-25-20(16)29)18(10-19(15)33-22)28-7-3-23(24,14-31)4-8-28/h2,5-6,9-10,12,30-31H,3-4,7-8,11,13-14H2,1H3,(H,27,32). The number of hydrogen-bond donors (Lipinski definition) is 3. The number of alkyl halides is 1. The number of nitrogens with zero attached hydrogens (tertiary/aromatic N) is 4. The molecule has 2 aromatic heterocycles. The van der Waals surface area contributed by atoms with Gasteiger partial charge in [-0.3, -0.25) is 4.79 Å². The van der Waals surface area contributed by atoms with E-state index >= 15 is 0 Å². The maximum atomic E-state index is 14.6. The fourth-order valence-corrected chi connectivity index (χ4v) is 4.48. The Balaban J connectivity index is 1.49. The predicted octanol–water partition coefficient (Wildman–Crippen LogP) is 1.97. The zero-order valence-electron chi connectivity index (χ0n) is 18.3. The summed E-state index contributed by atoms with van der Waals surface area (Å²) >= 11 is 0. The first kappa shape index (κ1) is 21.6. The maximum absolute atomic E-state index is 14.6. The van der Waals surface area contributed by atoms with Crippen LogP contribution in [0.15, 0.2) is 36.8 Å². The summed E-state index contributed by atoms with van der Waals surface area (Å²) < 4.78 is 22.1. The number of amides is 1. The van der Waals surface area contributed by atoms with E-state index in [-0.39, 0.29) is 25.4 Å². The normalized spacial score (nSPS) is 21.6. The highest BCUT2D eigenvalue weighted by atomic mass is 19.1. The maximum Gasteiger partial charge on any atom is 0.261 e. The summed E-state index contributed by atoms with van der Waals surface area (Å²) in [6, 6.07) is 5.42. The molecule has 0 aliphatic carbocycles. The molecule has 1 saturated heterocycles. The Kier molecular flexibility index (Phi) is 5.21. The monoisotopic (exact) mass is 455 g/mol. The number of halogens is 1. The van der Waals surface area contributed by atoms with E-state index in [1.54, 1.807) is 18.5 Å². The van der Waals surface area contributed by atoms with Gasteiger partial charge < -0.3 is 25.2 Å². The van der Waals surface area contributed by atoms with Crippen LogP contribution in [0.3, 0.4) is 0 Å². The summed E-state index contributed by atoms with van der Waals surface area (Å²) in [6.45, 7) is 1.95. The van der Waals surface area contributed by atoms with Gasteiger partial charge in [0.1, 0.15) is 22.6 Å². The molecule has 1 aromatic carbocycles. The van der Waals surface area contributed by atoms with Crippen LogP contribution < -0.4 is 15.0 Å². The number of anilines is 2. The van der Waals surface area contributed by atoms with Crippen molar-refractivity contribution in [2.45, 2.75) is 37.5 Å². The van der Waals surface area contributed by atoms with Crippen molar-refractivity contribution in [3.8, 4) is 5.75 Å². The molecule has 1 amide bonds. The summed E-state index contributed by atoms with van der Waals surface area (Å²) in [5.74, 6) is 0.275. The number of carbonyl (C=O) groups is 1. The third-order valence-corrected chi connectivity index (χ3v) is 6.49. The Bertz CT molecular complexity index is 1210. The lowest BCUT2D eigenvalue weighted by molar-refractivity contribution is 0.0445. The van der Waals surface area contributed by atoms with E-state index < -0.39 is 17.9 Å². The molecule has 0 radical (unpaired) electrons. The Hall–Kier alpha value is -3.24. The van der Waals surface area contributed by atoms with Crippen LogP contribution in [0.2, 0.25) is 0 Å². The fraction of sp³-hybridized carbons (Fsp3) is 0.435. The van der Waals surface area contributed by atoms with Crippen LogP contribution >= 0.6 is 0 Å². The molecule has 0 saturated carbocycles. The van der Waals surface area contributed by atoms with Crippen LogP contribution in [0.25, 0.3) is 5.65 Å². The Morgan fingerprint density at radius 1 is 1.27 bits per heavy atom. The first-order valence-corrected chi connectivity index (χ1v) is 10.9. The second-order valence-electron chi connectivity index (χ2n) is 9.06. The number of aromatic nitrogens is 3. The van der Waals surface area contributed by atoms with E-state index in [9.17, 15) is 19.4 Å². The van der Waals surface area contributed by atoms with Crippen molar-refractivity contribution in [1.29, 1.82) is 0 Å².